The molecular weight excluding hydrogens is 258 g/mol. The molecule has 3 nitrogen and oxygen atoms in total. The van der Waals surface area contributed by atoms with Crippen molar-refractivity contribution in [3.8, 4) is 0 Å². The molecule has 19 heavy (non-hydrogen) atoms. The Morgan fingerprint density at radius 3 is 2.74 bits per heavy atom. The predicted octanol–water partition coefficient (Wildman–Crippen LogP) is 2.92. The number of hydrogen-bond donors (Lipinski definition) is 1. The highest BCUT2D eigenvalue weighted by Crippen LogP contribution is 2.26. The van der Waals surface area contributed by atoms with E-state index in [1.807, 2.05) is 6.20 Å². The standard InChI is InChI=1S/C15H20ClN3/c16-6-2-8-18-9-11-19(12-10-18)15-4-1-3-14-13(15)5-7-17-14/h1,3-5,7,17H,2,6,8-12H2. The Labute approximate surface area is 119 Å². The summed E-state index contributed by atoms with van der Waals surface area (Å²) >= 11 is 5.76. The molecule has 1 aliphatic heterocycles. The summed E-state index contributed by atoms with van der Waals surface area (Å²) in [6, 6.07) is 8.67. The average Bonchev–Trinajstić information content (AvgIpc) is 2.94. The van der Waals surface area contributed by atoms with Crippen molar-refractivity contribution >= 4 is 28.2 Å². The SMILES string of the molecule is ClCCCN1CCN(c2cccc3[nH]ccc23)CC1. The molecule has 0 radical (unpaired) electrons. The van der Waals surface area contributed by atoms with Crippen molar-refractivity contribution in [2.24, 2.45) is 0 Å². The van der Waals surface area contributed by atoms with Crippen molar-refractivity contribution in [2.45, 2.75) is 6.42 Å². The van der Waals surface area contributed by atoms with E-state index in [9.17, 15) is 0 Å². The van der Waals surface area contributed by atoms with E-state index < -0.39 is 0 Å². The fourth-order valence-corrected chi connectivity index (χ4v) is 2.96. The second-order valence-electron chi connectivity index (χ2n) is 5.09. The molecule has 1 aromatic carbocycles. The average molecular weight is 278 g/mol. The van der Waals surface area contributed by atoms with Crippen LogP contribution in [0.1, 0.15) is 6.42 Å². The van der Waals surface area contributed by atoms with E-state index in [1.54, 1.807) is 0 Å². The summed E-state index contributed by atoms with van der Waals surface area (Å²) in [4.78, 5) is 8.29. The van der Waals surface area contributed by atoms with Crippen molar-refractivity contribution in [1.82, 2.24) is 9.88 Å². The first-order chi connectivity index (χ1) is 9.38. The molecule has 0 aliphatic carbocycles. The van der Waals surface area contributed by atoms with Crippen molar-refractivity contribution < 1.29 is 0 Å². The molecule has 1 fully saturated rings. The number of piperazine rings is 1. The minimum atomic E-state index is 0.767. The number of aromatic amines is 1. The van der Waals surface area contributed by atoms with Crippen LogP contribution in [-0.4, -0.2) is 48.5 Å². The molecule has 1 N–H and O–H groups in total. The maximum absolute atomic E-state index is 5.76. The molecule has 1 aliphatic rings. The van der Waals surface area contributed by atoms with E-state index in [4.69, 9.17) is 11.6 Å². The number of nitrogens with zero attached hydrogens (tertiary/aromatic N) is 2. The van der Waals surface area contributed by atoms with Crippen molar-refractivity contribution in [1.29, 1.82) is 0 Å². The fourth-order valence-electron chi connectivity index (χ4n) is 2.84. The molecule has 4 heteroatoms. The van der Waals surface area contributed by atoms with Gasteiger partial charge in [0.1, 0.15) is 0 Å². The summed E-state index contributed by atoms with van der Waals surface area (Å²) in [5, 5.41) is 1.33. The molecule has 1 saturated heterocycles. The third-order valence-electron chi connectivity index (χ3n) is 3.89. The van der Waals surface area contributed by atoms with Crippen LogP contribution in [0.3, 0.4) is 0 Å². The van der Waals surface area contributed by atoms with Crippen LogP contribution in [-0.2, 0) is 0 Å². The molecule has 0 saturated carbocycles. The second kappa shape index (κ2) is 5.85. The second-order valence-corrected chi connectivity index (χ2v) is 5.47. The van der Waals surface area contributed by atoms with Gasteiger partial charge in [0.15, 0.2) is 0 Å². The first-order valence-corrected chi connectivity index (χ1v) is 7.51. The fraction of sp³-hybridized carbons (Fsp3) is 0.467. The number of halogens is 1. The van der Waals surface area contributed by atoms with Gasteiger partial charge in [-0.15, -0.1) is 11.6 Å². The number of alkyl halides is 1. The van der Waals surface area contributed by atoms with E-state index in [0.717, 1.165) is 45.0 Å². The predicted molar refractivity (Wildman–Crippen MR) is 82.3 cm³/mol. The van der Waals surface area contributed by atoms with Gasteiger partial charge >= 0.3 is 0 Å². The molecule has 2 heterocycles. The van der Waals surface area contributed by atoms with Crippen LogP contribution in [0.5, 0.6) is 0 Å². The monoisotopic (exact) mass is 277 g/mol. The van der Waals surface area contributed by atoms with Crippen LogP contribution in [0.15, 0.2) is 30.5 Å². The first kappa shape index (κ1) is 12.8. The van der Waals surface area contributed by atoms with E-state index in [0.29, 0.717) is 0 Å². The largest absolute Gasteiger partial charge is 0.368 e. The minimum Gasteiger partial charge on any atom is -0.368 e. The highest BCUT2D eigenvalue weighted by Gasteiger charge is 2.18. The summed E-state index contributed by atoms with van der Waals surface area (Å²) in [7, 11) is 0. The van der Waals surface area contributed by atoms with Crippen LogP contribution in [0.2, 0.25) is 0 Å². The van der Waals surface area contributed by atoms with Gasteiger partial charge in [-0.2, -0.15) is 0 Å². The van der Waals surface area contributed by atoms with Crippen LogP contribution in [0.4, 0.5) is 5.69 Å². The summed E-state index contributed by atoms with van der Waals surface area (Å²) in [5.74, 6) is 0.767. The van der Waals surface area contributed by atoms with Gasteiger partial charge in [-0.25, -0.2) is 0 Å². The first-order valence-electron chi connectivity index (χ1n) is 6.98. The van der Waals surface area contributed by atoms with Gasteiger partial charge in [-0.05, 0) is 31.2 Å². The third-order valence-corrected chi connectivity index (χ3v) is 4.16. The van der Waals surface area contributed by atoms with Crippen LogP contribution < -0.4 is 4.90 Å². The van der Waals surface area contributed by atoms with Crippen LogP contribution >= 0.6 is 11.6 Å². The summed E-state index contributed by atoms with van der Waals surface area (Å²) in [5.41, 5.74) is 2.58. The van der Waals surface area contributed by atoms with E-state index in [1.165, 1.54) is 16.6 Å². The lowest BCUT2D eigenvalue weighted by atomic mass is 10.1. The number of fused-ring (bicyclic) bond motifs is 1. The Morgan fingerprint density at radius 1 is 1.11 bits per heavy atom. The highest BCUT2D eigenvalue weighted by molar-refractivity contribution is 6.17. The van der Waals surface area contributed by atoms with Crippen molar-refractivity contribution in [3.63, 3.8) is 0 Å². The molecule has 0 spiro atoms. The molecule has 0 bridgehead atoms. The molecule has 3 rings (SSSR count). The molecule has 102 valence electrons. The molecule has 2 aromatic rings. The summed E-state index contributed by atoms with van der Waals surface area (Å²) < 4.78 is 0. The number of aromatic nitrogens is 1. The molecule has 1 aromatic heterocycles. The maximum atomic E-state index is 5.76. The lowest BCUT2D eigenvalue weighted by Gasteiger charge is -2.36. The number of benzene rings is 1. The zero-order valence-electron chi connectivity index (χ0n) is 11.1. The number of hydrogen-bond acceptors (Lipinski definition) is 2. The van der Waals surface area contributed by atoms with E-state index >= 15 is 0 Å². The molecule has 0 unspecified atom stereocenters. The quantitative estimate of drug-likeness (QED) is 0.868. The Bertz CT molecular complexity index is 529. The molecular formula is C15H20ClN3. The zero-order valence-corrected chi connectivity index (χ0v) is 11.9. The lowest BCUT2D eigenvalue weighted by Crippen LogP contribution is -2.46. The normalized spacial score (nSPS) is 17.2. The Kier molecular flexibility index (Phi) is 3.95. The van der Waals surface area contributed by atoms with Gasteiger partial charge < -0.3 is 9.88 Å². The number of nitrogens with one attached hydrogen (secondary N) is 1. The van der Waals surface area contributed by atoms with Crippen molar-refractivity contribution in [3.05, 3.63) is 30.5 Å². The van der Waals surface area contributed by atoms with Crippen molar-refractivity contribution in [2.75, 3.05) is 43.5 Å². The van der Waals surface area contributed by atoms with Gasteiger partial charge in [-0.3, -0.25) is 4.90 Å². The lowest BCUT2D eigenvalue weighted by molar-refractivity contribution is 0.259. The number of H-pyrrole nitrogens is 1. The number of anilines is 1. The summed E-state index contributed by atoms with van der Waals surface area (Å²) in [6.45, 7) is 5.61. The van der Waals surface area contributed by atoms with Gasteiger partial charge in [0.2, 0.25) is 0 Å². The van der Waals surface area contributed by atoms with Crippen LogP contribution in [0.25, 0.3) is 10.9 Å². The Balaban J connectivity index is 1.69. The van der Waals surface area contributed by atoms with Gasteiger partial charge in [-0.1, -0.05) is 6.07 Å². The smallest absolute Gasteiger partial charge is 0.0474 e. The Morgan fingerprint density at radius 2 is 1.95 bits per heavy atom. The topological polar surface area (TPSA) is 22.3 Å². The third kappa shape index (κ3) is 2.72. The van der Waals surface area contributed by atoms with Gasteiger partial charge in [0, 0.05) is 54.8 Å². The van der Waals surface area contributed by atoms with E-state index in [-0.39, 0.29) is 0 Å². The minimum absolute atomic E-state index is 0.767. The molecule has 0 amide bonds. The van der Waals surface area contributed by atoms with Gasteiger partial charge in [0.05, 0.1) is 0 Å². The van der Waals surface area contributed by atoms with E-state index in [2.05, 4.69) is 39.0 Å². The maximum Gasteiger partial charge on any atom is 0.0474 e. The highest BCUT2D eigenvalue weighted by atomic mass is 35.5. The van der Waals surface area contributed by atoms with Gasteiger partial charge in [0.25, 0.3) is 0 Å². The zero-order chi connectivity index (χ0) is 13.1. The Hall–Kier alpha value is -1.19. The van der Waals surface area contributed by atoms with Crippen LogP contribution in [0, 0.1) is 0 Å². The summed E-state index contributed by atoms with van der Waals surface area (Å²) in [6.07, 6.45) is 3.11. The number of rotatable bonds is 4. The molecule has 0 atom stereocenters.